The summed E-state index contributed by atoms with van der Waals surface area (Å²) in [6.07, 6.45) is 3.00. The van der Waals surface area contributed by atoms with Crippen LogP contribution < -0.4 is 5.32 Å². The Labute approximate surface area is 115 Å². The Morgan fingerprint density at radius 2 is 1.94 bits per heavy atom. The molecule has 1 aromatic carbocycles. The highest BCUT2D eigenvalue weighted by Gasteiger charge is 1.99. The number of para-hydroxylation sites is 1. The molecule has 0 bridgehead atoms. The van der Waals surface area contributed by atoms with E-state index in [1.165, 1.54) is 11.1 Å². The lowest BCUT2D eigenvalue weighted by atomic mass is 10.2. The van der Waals surface area contributed by atoms with Crippen molar-refractivity contribution in [1.29, 1.82) is 0 Å². The Bertz CT molecular complexity index is 480. The highest BCUT2D eigenvalue weighted by Crippen LogP contribution is 2.20. The van der Waals surface area contributed by atoms with Crippen LogP contribution in [0.1, 0.15) is 6.42 Å². The summed E-state index contributed by atoms with van der Waals surface area (Å²) in [5, 5.41) is 4.67. The van der Waals surface area contributed by atoms with E-state index in [-0.39, 0.29) is 12.4 Å². The maximum Gasteiger partial charge on any atom is 0.0722 e. The van der Waals surface area contributed by atoms with Gasteiger partial charge in [-0.1, -0.05) is 18.2 Å². The van der Waals surface area contributed by atoms with Crippen molar-refractivity contribution in [1.82, 2.24) is 9.88 Å². The zero-order valence-electron chi connectivity index (χ0n) is 10.9. The largest absolute Gasteiger partial charge is 0.384 e. The third-order valence-electron chi connectivity index (χ3n) is 2.75. The Morgan fingerprint density at radius 3 is 2.72 bits per heavy atom. The summed E-state index contributed by atoms with van der Waals surface area (Å²) < 4.78 is 0. The molecule has 0 unspecified atom stereocenters. The van der Waals surface area contributed by atoms with Gasteiger partial charge in [-0.05, 0) is 39.2 Å². The summed E-state index contributed by atoms with van der Waals surface area (Å²) in [4.78, 5) is 6.55. The number of hydrogen-bond donors (Lipinski definition) is 1. The van der Waals surface area contributed by atoms with Crippen molar-refractivity contribution in [2.24, 2.45) is 0 Å². The molecule has 0 spiro atoms. The molecule has 0 aliphatic carbocycles. The zero-order valence-corrected chi connectivity index (χ0v) is 11.7. The van der Waals surface area contributed by atoms with Crippen LogP contribution in [0.25, 0.3) is 10.9 Å². The summed E-state index contributed by atoms with van der Waals surface area (Å²) in [5.74, 6) is 0. The molecule has 0 aliphatic rings. The van der Waals surface area contributed by atoms with Crippen molar-refractivity contribution in [2.45, 2.75) is 6.42 Å². The first-order valence-electron chi connectivity index (χ1n) is 6.00. The predicted octanol–water partition coefficient (Wildman–Crippen LogP) is 3.02. The number of nitrogens with zero attached hydrogens (tertiary/aromatic N) is 2. The van der Waals surface area contributed by atoms with Gasteiger partial charge in [0.2, 0.25) is 0 Å². The van der Waals surface area contributed by atoms with Gasteiger partial charge in [-0.25, -0.2) is 0 Å². The Hall–Kier alpha value is -1.32. The number of hydrogen-bond acceptors (Lipinski definition) is 3. The van der Waals surface area contributed by atoms with E-state index in [1.807, 2.05) is 24.4 Å². The second kappa shape index (κ2) is 7.19. The number of anilines is 1. The maximum atomic E-state index is 4.35. The molecule has 3 nitrogen and oxygen atoms in total. The molecule has 0 atom stereocenters. The van der Waals surface area contributed by atoms with E-state index < -0.39 is 0 Å². The summed E-state index contributed by atoms with van der Waals surface area (Å²) >= 11 is 0. The van der Waals surface area contributed by atoms with Gasteiger partial charge in [-0.2, -0.15) is 0 Å². The van der Waals surface area contributed by atoms with E-state index in [0.717, 1.165) is 25.0 Å². The lowest BCUT2D eigenvalue weighted by Crippen LogP contribution is -2.16. The Balaban J connectivity index is 0.00000162. The number of aromatic nitrogens is 1. The van der Waals surface area contributed by atoms with Crippen LogP contribution >= 0.6 is 12.4 Å². The fraction of sp³-hybridized carbons (Fsp3) is 0.357. The summed E-state index contributed by atoms with van der Waals surface area (Å²) in [6, 6.07) is 10.3. The number of fused-ring (bicyclic) bond motifs is 1. The first-order chi connectivity index (χ1) is 8.27. The highest BCUT2D eigenvalue weighted by molar-refractivity contribution is 5.90. The fourth-order valence-electron chi connectivity index (χ4n) is 1.87. The molecule has 2 rings (SSSR count). The van der Waals surface area contributed by atoms with Crippen molar-refractivity contribution < 1.29 is 0 Å². The quantitative estimate of drug-likeness (QED) is 0.843. The van der Waals surface area contributed by atoms with Crippen molar-refractivity contribution >= 4 is 29.0 Å². The van der Waals surface area contributed by atoms with Crippen molar-refractivity contribution in [3.05, 3.63) is 36.5 Å². The molecular weight excluding hydrogens is 246 g/mol. The molecule has 2 aromatic rings. The third kappa shape index (κ3) is 3.86. The predicted molar refractivity (Wildman–Crippen MR) is 80.7 cm³/mol. The lowest BCUT2D eigenvalue weighted by molar-refractivity contribution is 0.405. The van der Waals surface area contributed by atoms with Gasteiger partial charge in [0.15, 0.2) is 0 Å². The van der Waals surface area contributed by atoms with Gasteiger partial charge in [0, 0.05) is 23.8 Å². The monoisotopic (exact) mass is 265 g/mol. The van der Waals surface area contributed by atoms with Gasteiger partial charge < -0.3 is 10.2 Å². The second-order valence-corrected chi connectivity index (χ2v) is 4.46. The van der Waals surface area contributed by atoms with Gasteiger partial charge in [0.1, 0.15) is 0 Å². The molecule has 4 heteroatoms. The van der Waals surface area contributed by atoms with Crippen LogP contribution in [0.3, 0.4) is 0 Å². The molecule has 0 saturated carbocycles. The molecule has 1 heterocycles. The van der Waals surface area contributed by atoms with Crippen LogP contribution in [0, 0.1) is 0 Å². The van der Waals surface area contributed by atoms with Gasteiger partial charge in [-0.15, -0.1) is 12.4 Å². The zero-order chi connectivity index (χ0) is 12.1. The van der Waals surface area contributed by atoms with Crippen LogP contribution in [0.2, 0.25) is 0 Å². The lowest BCUT2D eigenvalue weighted by Gasteiger charge is -2.11. The number of halogens is 1. The summed E-state index contributed by atoms with van der Waals surface area (Å²) in [5.41, 5.74) is 2.22. The van der Waals surface area contributed by atoms with Gasteiger partial charge in [-0.3, -0.25) is 4.98 Å². The maximum absolute atomic E-state index is 4.35. The standard InChI is InChI=1S/C14H19N3.ClH/c1-17(2)11-5-9-15-14-8-10-16-13-7-4-3-6-12(13)14;/h3-4,6-8,10H,5,9,11H2,1-2H3,(H,15,16);1H. The van der Waals surface area contributed by atoms with Crippen molar-refractivity contribution in [3.8, 4) is 0 Å². The Kier molecular flexibility index (Phi) is 5.89. The Morgan fingerprint density at radius 1 is 1.17 bits per heavy atom. The minimum Gasteiger partial charge on any atom is -0.384 e. The first-order valence-corrected chi connectivity index (χ1v) is 6.00. The minimum absolute atomic E-state index is 0. The second-order valence-electron chi connectivity index (χ2n) is 4.46. The first kappa shape index (κ1) is 14.7. The van der Waals surface area contributed by atoms with Crippen molar-refractivity contribution in [3.63, 3.8) is 0 Å². The molecule has 0 amide bonds. The molecule has 18 heavy (non-hydrogen) atoms. The average Bonchev–Trinajstić information content (AvgIpc) is 2.34. The molecule has 0 radical (unpaired) electrons. The molecule has 0 aliphatic heterocycles. The van der Waals surface area contributed by atoms with Crippen LogP contribution in [0.15, 0.2) is 36.5 Å². The highest BCUT2D eigenvalue weighted by atomic mass is 35.5. The van der Waals surface area contributed by atoms with Gasteiger partial charge in [0.05, 0.1) is 5.52 Å². The van der Waals surface area contributed by atoms with Crippen LogP contribution in [-0.4, -0.2) is 37.1 Å². The van der Waals surface area contributed by atoms with E-state index in [0.29, 0.717) is 0 Å². The van der Waals surface area contributed by atoms with Crippen LogP contribution in [0.4, 0.5) is 5.69 Å². The smallest absolute Gasteiger partial charge is 0.0722 e. The molecular formula is C14H20ClN3. The van der Waals surface area contributed by atoms with Crippen LogP contribution in [-0.2, 0) is 0 Å². The SMILES string of the molecule is CN(C)CCCNc1ccnc2ccccc12.Cl. The number of benzene rings is 1. The fourth-order valence-corrected chi connectivity index (χ4v) is 1.87. The third-order valence-corrected chi connectivity index (χ3v) is 2.75. The number of pyridine rings is 1. The molecule has 1 N–H and O–H groups in total. The van der Waals surface area contributed by atoms with E-state index >= 15 is 0 Å². The van der Waals surface area contributed by atoms with E-state index in [4.69, 9.17) is 0 Å². The summed E-state index contributed by atoms with van der Waals surface area (Å²) in [6.45, 7) is 2.10. The topological polar surface area (TPSA) is 28.2 Å². The van der Waals surface area contributed by atoms with Crippen molar-refractivity contribution in [2.75, 3.05) is 32.5 Å². The molecule has 98 valence electrons. The minimum atomic E-state index is 0. The average molecular weight is 266 g/mol. The summed E-state index contributed by atoms with van der Waals surface area (Å²) in [7, 11) is 4.20. The van der Waals surface area contributed by atoms with Gasteiger partial charge in [0.25, 0.3) is 0 Å². The van der Waals surface area contributed by atoms with E-state index in [9.17, 15) is 0 Å². The molecule has 0 saturated heterocycles. The van der Waals surface area contributed by atoms with E-state index in [1.54, 1.807) is 0 Å². The number of rotatable bonds is 5. The molecule has 1 aromatic heterocycles. The number of nitrogens with one attached hydrogen (secondary N) is 1. The van der Waals surface area contributed by atoms with E-state index in [2.05, 4.69) is 41.4 Å². The molecule has 0 fully saturated rings. The normalized spacial score (nSPS) is 10.4. The van der Waals surface area contributed by atoms with Crippen LogP contribution in [0.5, 0.6) is 0 Å². The van der Waals surface area contributed by atoms with Gasteiger partial charge >= 0.3 is 0 Å².